The number of halogens is 1. The Morgan fingerprint density at radius 2 is 2.17 bits per heavy atom. The molecular weight excluding hydrogens is 190 g/mol. The number of hydrogen-bond donors (Lipinski definition) is 0. The van der Waals surface area contributed by atoms with Crippen LogP contribution >= 0.6 is 22.9 Å². The van der Waals surface area contributed by atoms with E-state index in [4.69, 9.17) is 11.6 Å². The van der Waals surface area contributed by atoms with Gasteiger partial charge in [0.2, 0.25) is 0 Å². The van der Waals surface area contributed by atoms with E-state index in [9.17, 15) is 0 Å². The zero-order chi connectivity index (χ0) is 8.97. The van der Waals surface area contributed by atoms with Gasteiger partial charge in [0.05, 0.1) is 4.34 Å². The molecule has 1 nitrogen and oxygen atoms in total. The summed E-state index contributed by atoms with van der Waals surface area (Å²) in [7, 11) is 4.20. The van der Waals surface area contributed by atoms with Crippen molar-refractivity contribution in [3.05, 3.63) is 21.3 Å². The molecule has 1 aromatic rings. The molecule has 1 rings (SSSR count). The van der Waals surface area contributed by atoms with Gasteiger partial charge in [0, 0.05) is 4.88 Å². The molecule has 1 heterocycles. The summed E-state index contributed by atoms with van der Waals surface area (Å²) < 4.78 is 0.898. The topological polar surface area (TPSA) is 3.24 Å². The van der Waals surface area contributed by atoms with Gasteiger partial charge >= 0.3 is 0 Å². The van der Waals surface area contributed by atoms with Crippen molar-refractivity contribution in [1.82, 2.24) is 4.90 Å². The van der Waals surface area contributed by atoms with Crippen molar-refractivity contribution >= 4 is 22.9 Å². The Morgan fingerprint density at radius 3 is 2.67 bits per heavy atom. The third-order valence-electron chi connectivity index (χ3n) is 1.66. The Morgan fingerprint density at radius 1 is 1.42 bits per heavy atom. The van der Waals surface area contributed by atoms with E-state index in [0.717, 1.165) is 17.3 Å². The Labute approximate surface area is 83.0 Å². The van der Waals surface area contributed by atoms with Crippen molar-refractivity contribution in [2.24, 2.45) is 0 Å². The summed E-state index contributed by atoms with van der Waals surface area (Å²) in [6.45, 7) is 1.15. The minimum atomic E-state index is 0.898. The summed E-state index contributed by atoms with van der Waals surface area (Å²) in [4.78, 5) is 3.59. The molecular formula is C9H14ClNS. The highest BCUT2D eigenvalue weighted by Crippen LogP contribution is 2.22. The third kappa shape index (κ3) is 3.57. The Hall–Kier alpha value is -0.0500. The van der Waals surface area contributed by atoms with E-state index < -0.39 is 0 Å². The molecule has 0 radical (unpaired) electrons. The van der Waals surface area contributed by atoms with Crippen molar-refractivity contribution in [1.29, 1.82) is 0 Å². The summed E-state index contributed by atoms with van der Waals surface area (Å²) in [5, 5.41) is 0. The summed E-state index contributed by atoms with van der Waals surface area (Å²) in [6.07, 6.45) is 2.36. The fourth-order valence-corrected chi connectivity index (χ4v) is 2.18. The highest BCUT2D eigenvalue weighted by molar-refractivity contribution is 7.16. The molecule has 0 aromatic carbocycles. The predicted octanol–water partition coefficient (Wildman–Crippen LogP) is 2.90. The quantitative estimate of drug-likeness (QED) is 0.728. The van der Waals surface area contributed by atoms with Crippen LogP contribution in [0.3, 0.4) is 0 Å². The lowest BCUT2D eigenvalue weighted by molar-refractivity contribution is 0.401. The average molecular weight is 204 g/mol. The second-order valence-corrected chi connectivity index (χ2v) is 4.91. The van der Waals surface area contributed by atoms with E-state index >= 15 is 0 Å². The predicted molar refractivity (Wildman–Crippen MR) is 56.2 cm³/mol. The first-order valence-electron chi connectivity index (χ1n) is 4.07. The molecule has 0 aliphatic heterocycles. The van der Waals surface area contributed by atoms with Gasteiger partial charge in [0.1, 0.15) is 0 Å². The minimum absolute atomic E-state index is 0.898. The summed E-state index contributed by atoms with van der Waals surface area (Å²) in [5.74, 6) is 0. The van der Waals surface area contributed by atoms with Crippen molar-refractivity contribution in [2.45, 2.75) is 12.8 Å². The van der Waals surface area contributed by atoms with E-state index in [1.165, 1.54) is 11.3 Å². The van der Waals surface area contributed by atoms with Gasteiger partial charge in [-0.1, -0.05) is 11.6 Å². The van der Waals surface area contributed by atoms with Gasteiger partial charge in [0.25, 0.3) is 0 Å². The number of aryl methyl sites for hydroxylation is 1. The molecule has 0 bridgehead atoms. The standard InChI is InChI=1S/C9H14ClNS/c1-11(2)7-3-4-8-5-6-9(10)12-8/h5-6H,3-4,7H2,1-2H3. The van der Waals surface area contributed by atoms with Crippen LogP contribution < -0.4 is 0 Å². The Balaban J connectivity index is 2.24. The molecule has 0 N–H and O–H groups in total. The summed E-state index contributed by atoms with van der Waals surface area (Å²) in [6, 6.07) is 4.08. The molecule has 0 amide bonds. The maximum atomic E-state index is 5.81. The van der Waals surface area contributed by atoms with Crippen molar-refractivity contribution in [3.63, 3.8) is 0 Å². The molecule has 12 heavy (non-hydrogen) atoms. The Kier molecular flexibility index (Phi) is 4.06. The maximum absolute atomic E-state index is 5.81. The monoisotopic (exact) mass is 203 g/mol. The van der Waals surface area contributed by atoms with Crippen molar-refractivity contribution in [2.75, 3.05) is 20.6 Å². The first-order valence-corrected chi connectivity index (χ1v) is 5.27. The largest absolute Gasteiger partial charge is 0.309 e. The molecule has 0 spiro atoms. The molecule has 0 aliphatic carbocycles. The zero-order valence-corrected chi connectivity index (χ0v) is 9.08. The summed E-state index contributed by atoms with van der Waals surface area (Å²) >= 11 is 7.50. The number of hydrogen-bond acceptors (Lipinski definition) is 2. The highest BCUT2D eigenvalue weighted by atomic mass is 35.5. The maximum Gasteiger partial charge on any atom is 0.0931 e. The van der Waals surface area contributed by atoms with Gasteiger partial charge in [-0.05, 0) is 45.6 Å². The third-order valence-corrected chi connectivity index (χ3v) is 2.95. The van der Waals surface area contributed by atoms with Gasteiger partial charge in [-0.25, -0.2) is 0 Å². The van der Waals surface area contributed by atoms with Crippen LogP contribution in [0.5, 0.6) is 0 Å². The molecule has 0 saturated carbocycles. The first-order chi connectivity index (χ1) is 5.68. The van der Waals surface area contributed by atoms with Crippen LogP contribution in [0.15, 0.2) is 12.1 Å². The van der Waals surface area contributed by atoms with E-state index in [2.05, 4.69) is 25.1 Å². The van der Waals surface area contributed by atoms with Gasteiger partial charge in [-0.3, -0.25) is 0 Å². The van der Waals surface area contributed by atoms with E-state index in [-0.39, 0.29) is 0 Å². The molecule has 0 fully saturated rings. The minimum Gasteiger partial charge on any atom is -0.309 e. The fourth-order valence-electron chi connectivity index (χ4n) is 1.06. The van der Waals surface area contributed by atoms with Crippen LogP contribution in [0, 0.1) is 0 Å². The first kappa shape index (κ1) is 10.0. The number of thiophene rings is 1. The van der Waals surface area contributed by atoms with E-state index in [0.29, 0.717) is 0 Å². The SMILES string of the molecule is CN(C)CCCc1ccc(Cl)s1. The molecule has 0 aliphatic rings. The van der Waals surface area contributed by atoms with Crippen LogP contribution in [0.2, 0.25) is 4.34 Å². The van der Waals surface area contributed by atoms with Gasteiger partial charge < -0.3 is 4.90 Å². The molecule has 0 unspecified atom stereocenters. The second-order valence-electron chi connectivity index (χ2n) is 3.11. The van der Waals surface area contributed by atoms with E-state index in [1.54, 1.807) is 11.3 Å². The van der Waals surface area contributed by atoms with Crippen LogP contribution in [0.1, 0.15) is 11.3 Å². The molecule has 68 valence electrons. The van der Waals surface area contributed by atoms with Gasteiger partial charge in [-0.15, -0.1) is 11.3 Å². The van der Waals surface area contributed by atoms with Crippen LogP contribution in [-0.2, 0) is 6.42 Å². The molecule has 3 heteroatoms. The second kappa shape index (κ2) is 4.85. The lowest BCUT2D eigenvalue weighted by Gasteiger charge is -2.07. The van der Waals surface area contributed by atoms with Crippen LogP contribution in [0.25, 0.3) is 0 Å². The summed E-state index contributed by atoms with van der Waals surface area (Å²) in [5.41, 5.74) is 0. The van der Waals surface area contributed by atoms with Crippen molar-refractivity contribution < 1.29 is 0 Å². The Bertz CT molecular complexity index is 232. The lowest BCUT2D eigenvalue weighted by Crippen LogP contribution is -2.13. The number of rotatable bonds is 4. The van der Waals surface area contributed by atoms with Crippen molar-refractivity contribution in [3.8, 4) is 0 Å². The van der Waals surface area contributed by atoms with Crippen LogP contribution in [-0.4, -0.2) is 25.5 Å². The zero-order valence-electron chi connectivity index (χ0n) is 7.51. The van der Waals surface area contributed by atoms with Gasteiger partial charge in [-0.2, -0.15) is 0 Å². The van der Waals surface area contributed by atoms with E-state index in [1.807, 2.05) is 6.07 Å². The normalized spacial score (nSPS) is 11.0. The lowest BCUT2D eigenvalue weighted by atomic mass is 10.2. The van der Waals surface area contributed by atoms with Gasteiger partial charge in [0.15, 0.2) is 0 Å². The number of nitrogens with zero attached hydrogens (tertiary/aromatic N) is 1. The molecule has 1 aromatic heterocycles. The molecule has 0 atom stereocenters. The average Bonchev–Trinajstić information content (AvgIpc) is 2.35. The highest BCUT2D eigenvalue weighted by Gasteiger charge is 1.97. The van der Waals surface area contributed by atoms with Crippen LogP contribution in [0.4, 0.5) is 0 Å². The molecule has 0 saturated heterocycles. The fraction of sp³-hybridized carbons (Fsp3) is 0.556. The smallest absolute Gasteiger partial charge is 0.0931 e.